The summed E-state index contributed by atoms with van der Waals surface area (Å²) >= 11 is 0. The third-order valence-corrected chi connectivity index (χ3v) is 2.47. The highest BCUT2D eigenvalue weighted by Gasteiger charge is 2.05. The van der Waals surface area contributed by atoms with Gasteiger partial charge in [-0.05, 0) is 38.1 Å². The van der Waals surface area contributed by atoms with E-state index < -0.39 is 0 Å². The first-order chi connectivity index (χ1) is 8.15. The van der Waals surface area contributed by atoms with E-state index in [-0.39, 0.29) is 5.91 Å². The predicted octanol–water partition coefficient (Wildman–Crippen LogP) is 2.95. The molecule has 0 aliphatic carbocycles. The van der Waals surface area contributed by atoms with Crippen LogP contribution >= 0.6 is 0 Å². The van der Waals surface area contributed by atoms with E-state index in [1.54, 1.807) is 12.3 Å². The molecule has 1 aromatic carbocycles. The van der Waals surface area contributed by atoms with Crippen molar-refractivity contribution in [3.05, 3.63) is 59.4 Å². The monoisotopic (exact) mass is 226 g/mol. The number of hydrogen-bond donors (Lipinski definition) is 1. The molecule has 2 aromatic rings. The summed E-state index contributed by atoms with van der Waals surface area (Å²) < 4.78 is 0. The molecule has 0 atom stereocenters. The largest absolute Gasteiger partial charge is 0.322 e. The van der Waals surface area contributed by atoms with E-state index >= 15 is 0 Å². The Morgan fingerprint density at radius 3 is 2.47 bits per heavy atom. The molecule has 0 saturated heterocycles. The topological polar surface area (TPSA) is 42.0 Å². The fraction of sp³-hybridized carbons (Fsp3) is 0.143. The summed E-state index contributed by atoms with van der Waals surface area (Å²) in [5.74, 6) is -0.101. The Morgan fingerprint density at radius 2 is 1.82 bits per heavy atom. The number of aryl methyl sites for hydroxylation is 2. The molecule has 2 rings (SSSR count). The second-order valence-corrected chi connectivity index (χ2v) is 4.01. The maximum absolute atomic E-state index is 11.9. The normalized spacial score (nSPS) is 10.0. The SMILES string of the molecule is Cc1ccc(C(=O)Nc2ccnc(C)c2)cc1. The Hall–Kier alpha value is -2.16. The first-order valence-electron chi connectivity index (χ1n) is 5.46. The van der Waals surface area contributed by atoms with Gasteiger partial charge >= 0.3 is 0 Å². The van der Waals surface area contributed by atoms with Gasteiger partial charge in [0.05, 0.1) is 0 Å². The van der Waals surface area contributed by atoms with E-state index in [4.69, 9.17) is 0 Å². The highest BCUT2D eigenvalue weighted by atomic mass is 16.1. The van der Waals surface area contributed by atoms with E-state index in [2.05, 4.69) is 10.3 Å². The van der Waals surface area contributed by atoms with Crippen LogP contribution in [-0.2, 0) is 0 Å². The zero-order valence-corrected chi connectivity index (χ0v) is 9.90. The number of nitrogens with one attached hydrogen (secondary N) is 1. The zero-order valence-electron chi connectivity index (χ0n) is 9.90. The number of pyridine rings is 1. The Bertz CT molecular complexity index is 532. The van der Waals surface area contributed by atoms with Gasteiger partial charge in [-0.25, -0.2) is 0 Å². The van der Waals surface area contributed by atoms with Crippen molar-refractivity contribution in [1.29, 1.82) is 0 Å². The molecular weight excluding hydrogens is 212 g/mol. The van der Waals surface area contributed by atoms with Gasteiger partial charge in [-0.15, -0.1) is 0 Å². The second kappa shape index (κ2) is 4.78. The molecule has 0 bridgehead atoms. The van der Waals surface area contributed by atoms with Gasteiger partial charge < -0.3 is 5.32 Å². The summed E-state index contributed by atoms with van der Waals surface area (Å²) in [5, 5.41) is 2.84. The maximum atomic E-state index is 11.9. The van der Waals surface area contributed by atoms with Crippen LogP contribution in [0.5, 0.6) is 0 Å². The standard InChI is InChI=1S/C14H14N2O/c1-10-3-5-12(6-4-10)14(17)16-13-7-8-15-11(2)9-13/h3-9H,1-2H3,(H,15,16,17). The summed E-state index contributed by atoms with van der Waals surface area (Å²) in [4.78, 5) is 16.0. The number of rotatable bonds is 2. The molecule has 0 fully saturated rings. The minimum atomic E-state index is -0.101. The van der Waals surface area contributed by atoms with E-state index in [1.807, 2.05) is 44.2 Å². The quantitative estimate of drug-likeness (QED) is 0.855. The van der Waals surface area contributed by atoms with Gasteiger partial charge in [-0.2, -0.15) is 0 Å². The van der Waals surface area contributed by atoms with E-state index in [9.17, 15) is 4.79 Å². The molecule has 0 spiro atoms. The zero-order chi connectivity index (χ0) is 12.3. The third-order valence-electron chi connectivity index (χ3n) is 2.47. The van der Waals surface area contributed by atoms with Crippen molar-refractivity contribution in [2.45, 2.75) is 13.8 Å². The fourth-order valence-electron chi connectivity index (χ4n) is 1.53. The third kappa shape index (κ3) is 2.91. The van der Waals surface area contributed by atoms with Crippen molar-refractivity contribution < 1.29 is 4.79 Å². The smallest absolute Gasteiger partial charge is 0.255 e. The van der Waals surface area contributed by atoms with Gasteiger partial charge in [0.15, 0.2) is 0 Å². The van der Waals surface area contributed by atoms with Crippen molar-refractivity contribution in [3.63, 3.8) is 0 Å². The Labute approximate surface area is 101 Å². The van der Waals surface area contributed by atoms with Crippen LogP contribution in [0.1, 0.15) is 21.6 Å². The lowest BCUT2D eigenvalue weighted by molar-refractivity contribution is 0.102. The lowest BCUT2D eigenvalue weighted by Gasteiger charge is -2.05. The van der Waals surface area contributed by atoms with Crippen LogP contribution in [0.2, 0.25) is 0 Å². The predicted molar refractivity (Wildman–Crippen MR) is 68.1 cm³/mol. The molecular formula is C14H14N2O. The summed E-state index contributed by atoms with van der Waals surface area (Å²) in [6, 6.07) is 11.1. The van der Waals surface area contributed by atoms with Crippen molar-refractivity contribution >= 4 is 11.6 Å². The molecule has 3 nitrogen and oxygen atoms in total. The van der Waals surface area contributed by atoms with Crippen molar-refractivity contribution in [1.82, 2.24) is 4.98 Å². The number of benzene rings is 1. The highest BCUT2D eigenvalue weighted by Crippen LogP contribution is 2.10. The molecule has 0 aliphatic rings. The fourth-order valence-corrected chi connectivity index (χ4v) is 1.53. The van der Waals surface area contributed by atoms with Crippen LogP contribution in [0.4, 0.5) is 5.69 Å². The molecule has 1 N–H and O–H groups in total. The van der Waals surface area contributed by atoms with Crippen LogP contribution in [0, 0.1) is 13.8 Å². The van der Waals surface area contributed by atoms with Crippen molar-refractivity contribution in [2.75, 3.05) is 5.32 Å². The van der Waals surface area contributed by atoms with Gasteiger partial charge in [-0.3, -0.25) is 9.78 Å². The van der Waals surface area contributed by atoms with Gasteiger partial charge in [0.1, 0.15) is 0 Å². The van der Waals surface area contributed by atoms with E-state index in [0.29, 0.717) is 5.56 Å². The number of aromatic nitrogens is 1. The molecule has 0 saturated carbocycles. The number of carbonyl (C=O) groups excluding carboxylic acids is 1. The van der Waals surface area contributed by atoms with Gasteiger partial charge in [0.25, 0.3) is 5.91 Å². The second-order valence-electron chi connectivity index (χ2n) is 4.01. The number of nitrogens with zero attached hydrogens (tertiary/aromatic N) is 1. The van der Waals surface area contributed by atoms with E-state index in [1.165, 1.54) is 0 Å². The molecule has 0 unspecified atom stereocenters. The highest BCUT2D eigenvalue weighted by molar-refractivity contribution is 6.04. The summed E-state index contributed by atoms with van der Waals surface area (Å²) in [7, 11) is 0. The van der Waals surface area contributed by atoms with Gasteiger partial charge in [0.2, 0.25) is 0 Å². The van der Waals surface area contributed by atoms with Crippen molar-refractivity contribution in [2.24, 2.45) is 0 Å². The number of hydrogen-bond acceptors (Lipinski definition) is 2. The van der Waals surface area contributed by atoms with Gasteiger partial charge in [-0.1, -0.05) is 17.7 Å². The molecule has 0 aliphatic heterocycles. The Balaban J connectivity index is 2.14. The average Bonchev–Trinajstić information content (AvgIpc) is 2.29. The number of anilines is 1. The summed E-state index contributed by atoms with van der Waals surface area (Å²) in [6.45, 7) is 3.88. The number of amides is 1. The Morgan fingerprint density at radius 1 is 1.12 bits per heavy atom. The summed E-state index contributed by atoms with van der Waals surface area (Å²) in [6.07, 6.45) is 1.68. The van der Waals surface area contributed by atoms with E-state index in [0.717, 1.165) is 16.9 Å². The van der Waals surface area contributed by atoms with Crippen LogP contribution in [0.25, 0.3) is 0 Å². The van der Waals surface area contributed by atoms with Crippen LogP contribution in [-0.4, -0.2) is 10.9 Å². The minimum absolute atomic E-state index is 0.101. The van der Waals surface area contributed by atoms with Crippen molar-refractivity contribution in [3.8, 4) is 0 Å². The number of carbonyl (C=O) groups is 1. The van der Waals surface area contributed by atoms with Crippen LogP contribution in [0.3, 0.4) is 0 Å². The molecule has 1 heterocycles. The summed E-state index contributed by atoms with van der Waals surface area (Å²) in [5.41, 5.74) is 3.45. The Kier molecular flexibility index (Phi) is 3.19. The lowest BCUT2D eigenvalue weighted by Crippen LogP contribution is -2.11. The van der Waals surface area contributed by atoms with Crippen LogP contribution < -0.4 is 5.32 Å². The maximum Gasteiger partial charge on any atom is 0.255 e. The first-order valence-corrected chi connectivity index (χ1v) is 5.46. The minimum Gasteiger partial charge on any atom is -0.322 e. The average molecular weight is 226 g/mol. The molecule has 17 heavy (non-hydrogen) atoms. The lowest BCUT2D eigenvalue weighted by atomic mass is 10.1. The van der Waals surface area contributed by atoms with Crippen LogP contribution in [0.15, 0.2) is 42.6 Å². The molecule has 0 radical (unpaired) electrons. The molecule has 1 amide bonds. The van der Waals surface area contributed by atoms with Gasteiger partial charge in [0, 0.05) is 23.1 Å². The molecule has 86 valence electrons. The molecule has 3 heteroatoms. The molecule has 1 aromatic heterocycles. The first kappa shape index (κ1) is 11.3.